The smallest absolute Gasteiger partial charge is 0.374 e. The molecule has 7 nitrogen and oxygen atoms in total. The van der Waals surface area contributed by atoms with E-state index in [1.54, 1.807) is 7.11 Å². The number of rotatable bonds is 7. The standard InChI is InChI=1S/C26H23F5N4O3S/c1-4-39(36,37)20-11-16(15-5-7-17(8-6-15)24(38-3)9-10-24)13-32-21(20)23-34-19-12-18(14-33-22(19)35(23)2)25(27,28)26(29,30)31/h5-8,11-14H,4,9-10H2,1-3H3. The minimum absolute atomic E-state index is 0.0137. The molecule has 5 rings (SSSR count). The summed E-state index contributed by atoms with van der Waals surface area (Å²) in [7, 11) is -0.762. The Balaban J connectivity index is 1.61. The number of pyridine rings is 2. The van der Waals surface area contributed by atoms with Crippen LogP contribution in [-0.4, -0.2) is 47.0 Å². The third kappa shape index (κ3) is 4.46. The van der Waals surface area contributed by atoms with Gasteiger partial charge in [-0.05, 0) is 36.1 Å². The van der Waals surface area contributed by atoms with Crippen LogP contribution in [-0.2, 0) is 33.1 Å². The van der Waals surface area contributed by atoms with Gasteiger partial charge in [0.2, 0.25) is 0 Å². The maximum absolute atomic E-state index is 13.9. The third-order valence-electron chi connectivity index (χ3n) is 7.05. The monoisotopic (exact) mass is 566 g/mol. The summed E-state index contributed by atoms with van der Waals surface area (Å²) in [6, 6.07) is 9.56. The van der Waals surface area contributed by atoms with Gasteiger partial charge in [0.15, 0.2) is 21.3 Å². The Bertz CT molecular complexity index is 1680. The van der Waals surface area contributed by atoms with Crippen LogP contribution in [0.4, 0.5) is 22.0 Å². The minimum atomic E-state index is -5.82. The van der Waals surface area contributed by atoms with Crippen molar-refractivity contribution in [3.63, 3.8) is 0 Å². The molecule has 1 fully saturated rings. The normalized spacial score (nSPS) is 15.6. The number of sulfone groups is 1. The van der Waals surface area contributed by atoms with Crippen LogP contribution in [0.5, 0.6) is 0 Å². The van der Waals surface area contributed by atoms with Gasteiger partial charge in [-0.25, -0.2) is 18.4 Å². The lowest BCUT2D eigenvalue weighted by Gasteiger charge is -2.19. The van der Waals surface area contributed by atoms with E-state index in [1.807, 2.05) is 24.3 Å². The number of nitrogens with zero attached hydrogens (tertiary/aromatic N) is 4. The average Bonchev–Trinajstić information content (AvgIpc) is 3.65. The van der Waals surface area contributed by atoms with E-state index in [9.17, 15) is 30.4 Å². The maximum Gasteiger partial charge on any atom is 0.458 e. The number of benzene rings is 1. The van der Waals surface area contributed by atoms with Crippen molar-refractivity contribution in [2.45, 2.75) is 42.4 Å². The molecule has 3 aromatic heterocycles. The SMILES string of the molecule is CCS(=O)(=O)c1cc(-c2ccc(C3(OC)CC3)cc2)cnc1-c1nc2cc(C(F)(F)C(F)(F)F)cnc2n1C. The van der Waals surface area contributed by atoms with Gasteiger partial charge in [-0.1, -0.05) is 31.2 Å². The summed E-state index contributed by atoms with van der Waals surface area (Å²) in [4.78, 5) is 12.1. The van der Waals surface area contributed by atoms with Gasteiger partial charge in [-0.15, -0.1) is 0 Å². The summed E-state index contributed by atoms with van der Waals surface area (Å²) < 4.78 is 99.6. The molecule has 0 atom stereocenters. The molecule has 3 heterocycles. The van der Waals surface area contributed by atoms with Crippen LogP contribution in [0.25, 0.3) is 33.8 Å². The predicted octanol–water partition coefficient (Wildman–Crippen LogP) is 5.78. The molecular weight excluding hydrogens is 543 g/mol. The number of methoxy groups -OCH3 is 1. The second-order valence-electron chi connectivity index (χ2n) is 9.38. The van der Waals surface area contributed by atoms with Crippen LogP contribution in [0.15, 0.2) is 53.7 Å². The number of hydrogen-bond donors (Lipinski definition) is 0. The fourth-order valence-electron chi connectivity index (χ4n) is 4.48. The van der Waals surface area contributed by atoms with Crippen LogP contribution in [0, 0.1) is 0 Å². The molecule has 0 saturated heterocycles. The van der Waals surface area contributed by atoms with Crippen molar-refractivity contribution in [2.75, 3.05) is 12.9 Å². The van der Waals surface area contributed by atoms with E-state index in [0.29, 0.717) is 23.4 Å². The van der Waals surface area contributed by atoms with Crippen LogP contribution in [0.3, 0.4) is 0 Å². The summed E-state index contributed by atoms with van der Waals surface area (Å²) in [5.41, 5.74) is 0.242. The van der Waals surface area contributed by atoms with Crippen molar-refractivity contribution < 1.29 is 35.1 Å². The molecule has 0 aliphatic heterocycles. The second-order valence-corrected chi connectivity index (χ2v) is 11.6. The highest BCUT2D eigenvalue weighted by atomic mass is 32.2. The van der Waals surface area contributed by atoms with Gasteiger partial charge >= 0.3 is 12.1 Å². The van der Waals surface area contributed by atoms with E-state index in [2.05, 4.69) is 15.0 Å². The number of aryl methyl sites for hydroxylation is 1. The topological polar surface area (TPSA) is 87.0 Å². The summed E-state index contributed by atoms with van der Waals surface area (Å²) in [6.07, 6.45) is -2.10. The van der Waals surface area contributed by atoms with E-state index in [0.717, 1.165) is 18.4 Å². The van der Waals surface area contributed by atoms with Gasteiger partial charge < -0.3 is 9.30 Å². The highest BCUT2D eigenvalue weighted by Crippen LogP contribution is 2.49. The van der Waals surface area contributed by atoms with Crippen molar-refractivity contribution in [2.24, 2.45) is 7.05 Å². The van der Waals surface area contributed by atoms with Crippen LogP contribution < -0.4 is 0 Å². The summed E-state index contributed by atoms with van der Waals surface area (Å²) in [5.74, 6) is -5.44. The summed E-state index contributed by atoms with van der Waals surface area (Å²) >= 11 is 0. The lowest BCUT2D eigenvalue weighted by molar-refractivity contribution is -0.289. The molecule has 0 N–H and O–H groups in total. The molecule has 4 aromatic rings. The van der Waals surface area contributed by atoms with Crippen molar-refractivity contribution in [1.82, 2.24) is 19.5 Å². The molecule has 0 spiro atoms. The summed E-state index contributed by atoms with van der Waals surface area (Å²) in [6.45, 7) is 1.46. The largest absolute Gasteiger partial charge is 0.458 e. The number of imidazole rings is 1. The average molecular weight is 567 g/mol. The summed E-state index contributed by atoms with van der Waals surface area (Å²) in [5, 5.41) is 0. The fourth-order valence-corrected chi connectivity index (χ4v) is 5.53. The Labute approximate surface area is 220 Å². The van der Waals surface area contributed by atoms with Gasteiger partial charge in [0.05, 0.1) is 21.8 Å². The minimum Gasteiger partial charge on any atom is -0.374 e. The van der Waals surface area contributed by atoms with Gasteiger partial charge in [-0.2, -0.15) is 22.0 Å². The predicted molar refractivity (Wildman–Crippen MR) is 133 cm³/mol. The Morgan fingerprint density at radius 2 is 1.67 bits per heavy atom. The van der Waals surface area contributed by atoms with E-state index in [-0.39, 0.29) is 38.9 Å². The van der Waals surface area contributed by atoms with Crippen molar-refractivity contribution in [1.29, 1.82) is 0 Å². The number of alkyl halides is 5. The Morgan fingerprint density at radius 1 is 1.00 bits per heavy atom. The zero-order valence-electron chi connectivity index (χ0n) is 21.1. The number of halogens is 5. The molecule has 1 aromatic carbocycles. The molecule has 0 radical (unpaired) electrons. The number of hydrogen-bond acceptors (Lipinski definition) is 6. The molecular formula is C26H23F5N4O3S. The Morgan fingerprint density at radius 3 is 2.23 bits per heavy atom. The van der Waals surface area contributed by atoms with E-state index in [1.165, 1.54) is 30.8 Å². The molecule has 0 unspecified atom stereocenters. The number of fused-ring (bicyclic) bond motifs is 1. The van der Waals surface area contributed by atoms with Crippen molar-refractivity contribution in [3.8, 4) is 22.6 Å². The molecule has 1 saturated carbocycles. The molecule has 1 aliphatic carbocycles. The Kier molecular flexibility index (Phi) is 6.30. The highest BCUT2D eigenvalue weighted by Gasteiger charge is 2.59. The second kappa shape index (κ2) is 9.05. The van der Waals surface area contributed by atoms with Crippen molar-refractivity contribution in [3.05, 3.63) is 59.9 Å². The van der Waals surface area contributed by atoms with Crippen LogP contribution >= 0.6 is 0 Å². The Hall–Kier alpha value is -3.45. The van der Waals surface area contributed by atoms with E-state index < -0.39 is 27.5 Å². The zero-order chi connectivity index (χ0) is 28.4. The van der Waals surface area contributed by atoms with E-state index in [4.69, 9.17) is 4.74 Å². The van der Waals surface area contributed by atoms with E-state index >= 15 is 0 Å². The first-order chi connectivity index (χ1) is 18.2. The van der Waals surface area contributed by atoms with Crippen LogP contribution in [0.2, 0.25) is 0 Å². The zero-order valence-corrected chi connectivity index (χ0v) is 21.9. The lowest BCUT2D eigenvalue weighted by Crippen LogP contribution is -2.33. The maximum atomic E-state index is 13.9. The van der Waals surface area contributed by atoms with Crippen LogP contribution in [0.1, 0.15) is 30.9 Å². The molecule has 1 aliphatic rings. The van der Waals surface area contributed by atoms with Gasteiger partial charge in [-0.3, -0.25) is 4.98 Å². The lowest BCUT2D eigenvalue weighted by atomic mass is 10.0. The number of aromatic nitrogens is 4. The van der Waals surface area contributed by atoms with Gasteiger partial charge in [0, 0.05) is 32.1 Å². The molecule has 0 bridgehead atoms. The van der Waals surface area contributed by atoms with Gasteiger partial charge in [0.25, 0.3) is 0 Å². The molecule has 0 amide bonds. The first-order valence-electron chi connectivity index (χ1n) is 11.9. The first kappa shape index (κ1) is 27.1. The van der Waals surface area contributed by atoms with Crippen molar-refractivity contribution >= 4 is 21.0 Å². The molecule has 206 valence electrons. The quantitative estimate of drug-likeness (QED) is 0.264. The van der Waals surface area contributed by atoms with Gasteiger partial charge in [0.1, 0.15) is 11.2 Å². The highest BCUT2D eigenvalue weighted by molar-refractivity contribution is 7.91. The first-order valence-corrected chi connectivity index (χ1v) is 13.6. The molecule has 13 heteroatoms. The fraction of sp³-hybridized carbons (Fsp3) is 0.346. The third-order valence-corrected chi connectivity index (χ3v) is 8.79. The number of ether oxygens (including phenoxy) is 1. The molecule has 39 heavy (non-hydrogen) atoms.